The molecule has 1 aromatic carbocycles. The van der Waals surface area contributed by atoms with Crippen LogP contribution in [-0.4, -0.2) is 41.9 Å². The Bertz CT molecular complexity index is 661. The van der Waals surface area contributed by atoms with E-state index in [1.54, 1.807) is 6.07 Å². The number of benzene rings is 1. The second kappa shape index (κ2) is 9.56. The van der Waals surface area contributed by atoms with Crippen molar-refractivity contribution in [3.05, 3.63) is 35.4 Å². The van der Waals surface area contributed by atoms with Crippen LogP contribution in [0.15, 0.2) is 24.3 Å². The van der Waals surface area contributed by atoms with Crippen LogP contribution in [0.5, 0.6) is 0 Å². The molecule has 1 aromatic rings. The Morgan fingerprint density at radius 3 is 2.48 bits per heavy atom. The fourth-order valence-corrected chi connectivity index (χ4v) is 3.54. The van der Waals surface area contributed by atoms with Crippen molar-refractivity contribution < 1.29 is 9.59 Å². The maximum atomic E-state index is 13.2. The molecule has 2 amide bonds. The molecule has 2 atom stereocenters. The molecule has 5 nitrogen and oxygen atoms in total. The maximum absolute atomic E-state index is 13.2. The summed E-state index contributed by atoms with van der Waals surface area (Å²) < 4.78 is 0. The first-order chi connectivity index (χ1) is 12.1. The van der Waals surface area contributed by atoms with Gasteiger partial charge in [-0.1, -0.05) is 45.9 Å². The Morgan fingerprint density at radius 1 is 1.30 bits per heavy atom. The van der Waals surface area contributed by atoms with E-state index in [4.69, 9.17) is 5.73 Å². The number of nitrogens with two attached hydrogens (primary N) is 1. The van der Waals surface area contributed by atoms with Gasteiger partial charge in [-0.15, -0.1) is 12.4 Å². The Morgan fingerprint density at radius 2 is 1.93 bits per heavy atom. The van der Waals surface area contributed by atoms with Crippen molar-refractivity contribution >= 4 is 24.2 Å². The summed E-state index contributed by atoms with van der Waals surface area (Å²) in [7, 11) is 0. The lowest BCUT2D eigenvalue weighted by molar-refractivity contribution is -0.137. The molecule has 1 aliphatic rings. The summed E-state index contributed by atoms with van der Waals surface area (Å²) in [4.78, 5) is 27.7. The molecule has 2 unspecified atom stereocenters. The Hall–Kier alpha value is -1.59. The number of aryl methyl sites for hydroxylation is 1. The van der Waals surface area contributed by atoms with Crippen molar-refractivity contribution in [2.45, 2.75) is 59.5 Å². The van der Waals surface area contributed by atoms with Gasteiger partial charge in [0, 0.05) is 24.7 Å². The van der Waals surface area contributed by atoms with Gasteiger partial charge in [0.15, 0.2) is 0 Å². The molecule has 3 N–H and O–H groups in total. The third-order valence-corrected chi connectivity index (χ3v) is 5.32. The van der Waals surface area contributed by atoms with Crippen molar-refractivity contribution in [2.75, 3.05) is 13.1 Å². The van der Waals surface area contributed by atoms with Crippen LogP contribution in [0.1, 0.15) is 56.5 Å². The predicted octanol–water partition coefficient (Wildman–Crippen LogP) is 3.15. The monoisotopic (exact) mass is 395 g/mol. The molecular weight excluding hydrogens is 362 g/mol. The maximum Gasteiger partial charge on any atom is 0.252 e. The molecule has 0 saturated carbocycles. The van der Waals surface area contributed by atoms with E-state index in [0.29, 0.717) is 31.0 Å². The summed E-state index contributed by atoms with van der Waals surface area (Å²) in [6.45, 7) is 11.5. The summed E-state index contributed by atoms with van der Waals surface area (Å²) in [5, 5.41) is 2.98. The van der Waals surface area contributed by atoms with Crippen molar-refractivity contribution in [1.82, 2.24) is 10.2 Å². The van der Waals surface area contributed by atoms with Gasteiger partial charge in [-0.3, -0.25) is 9.59 Å². The lowest BCUT2D eigenvalue weighted by Crippen LogP contribution is -2.58. The average molecular weight is 396 g/mol. The zero-order valence-corrected chi connectivity index (χ0v) is 17.9. The number of carbonyl (C=O) groups excluding carboxylic acids is 2. The first kappa shape index (κ1) is 23.4. The number of halogens is 1. The smallest absolute Gasteiger partial charge is 0.252 e. The van der Waals surface area contributed by atoms with Crippen LogP contribution in [0.25, 0.3) is 0 Å². The van der Waals surface area contributed by atoms with Gasteiger partial charge in [0.1, 0.15) is 6.04 Å². The Labute approximate surface area is 169 Å². The van der Waals surface area contributed by atoms with Gasteiger partial charge in [-0.25, -0.2) is 0 Å². The van der Waals surface area contributed by atoms with Crippen LogP contribution >= 0.6 is 12.4 Å². The van der Waals surface area contributed by atoms with Crippen LogP contribution in [0.4, 0.5) is 0 Å². The van der Waals surface area contributed by atoms with Gasteiger partial charge in [0.25, 0.3) is 5.91 Å². The van der Waals surface area contributed by atoms with Crippen molar-refractivity contribution in [1.29, 1.82) is 0 Å². The van der Waals surface area contributed by atoms with Crippen molar-refractivity contribution in [3.63, 3.8) is 0 Å². The van der Waals surface area contributed by atoms with Gasteiger partial charge < -0.3 is 16.0 Å². The van der Waals surface area contributed by atoms with Crippen LogP contribution in [-0.2, 0) is 4.79 Å². The molecule has 0 aromatic heterocycles. The first-order valence-electron chi connectivity index (χ1n) is 9.52. The SMILES string of the molecule is Cc1ccccc1C(=O)NC(CC(C)C)C(=O)N1CCC(N)C(C)(C)C1.Cl. The van der Waals surface area contributed by atoms with E-state index >= 15 is 0 Å². The van der Waals surface area contributed by atoms with Crippen LogP contribution < -0.4 is 11.1 Å². The minimum atomic E-state index is -0.507. The summed E-state index contributed by atoms with van der Waals surface area (Å²) >= 11 is 0. The number of rotatable bonds is 5. The summed E-state index contributed by atoms with van der Waals surface area (Å²) in [6.07, 6.45) is 1.41. The highest BCUT2D eigenvalue weighted by Crippen LogP contribution is 2.28. The zero-order chi connectivity index (χ0) is 19.5. The molecule has 1 saturated heterocycles. The highest BCUT2D eigenvalue weighted by Gasteiger charge is 2.37. The largest absolute Gasteiger partial charge is 0.340 e. The molecule has 0 bridgehead atoms. The highest BCUT2D eigenvalue weighted by molar-refractivity contribution is 5.98. The standard InChI is InChI=1S/C21H33N3O2.ClH/c1-14(2)12-17(23-19(25)16-9-7-6-8-15(16)3)20(26)24-11-10-18(22)21(4,5)13-24;/h6-9,14,17-18H,10-13,22H2,1-5H3,(H,23,25);1H. The van der Waals surface area contributed by atoms with Gasteiger partial charge in [0.2, 0.25) is 5.91 Å². The number of piperidine rings is 1. The van der Waals surface area contributed by atoms with E-state index in [1.807, 2.05) is 30.0 Å². The third-order valence-electron chi connectivity index (χ3n) is 5.32. The molecule has 1 aliphatic heterocycles. The highest BCUT2D eigenvalue weighted by atomic mass is 35.5. The van der Waals surface area contributed by atoms with Gasteiger partial charge in [0.05, 0.1) is 0 Å². The number of nitrogens with one attached hydrogen (secondary N) is 1. The summed E-state index contributed by atoms with van der Waals surface area (Å²) in [5.41, 5.74) is 7.61. The van der Waals surface area contributed by atoms with E-state index in [-0.39, 0.29) is 35.7 Å². The van der Waals surface area contributed by atoms with E-state index < -0.39 is 6.04 Å². The molecular formula is C21H34ClN3O2. The molecule has 0 spiro atoms. The fraction of sp³-hybridized carbons (Fsp3) is 0.619. The first-order valence-corrected chi connectivity index (χ1v) is 9.52. The zero-order valence-electron chi connectivity index (χ0n) is 17.1. The Balaban J connectivity index is 0.00000364. The minimum Gasteiger partial charge on any atom is -0.340 e. The lowest BCUT2D eigenvalue weighted by atomic mass is 9.79. The van der Waals surface area contributed by atoms with Crippen molar-refractivity contribution in [2.24, 2.45) is 17.1 Å². The molecule has 6 heteroatoms. The minimum absolute atomic E-state index is 0. The van der Waals surface area contributed by atoms with Gasteiger partial charge in [-0.05, 0) is 42.7 Å². The number of hydrogen-bond donors (Lipinski definition) is 2. The topological polar surface area (TPSA) is 75.4 Å². The second-order valence-corrected chi connectivity index (χ2v) is 8.61. The molecule has 0 aliphatic carbocycles. The average Bonchev–Trinajstić information content (AvgIpc) is 2.56. The molecule has 2 rings (SSSR count). The van der Waals surface area contributed by atoms with Crippen LogP contribution in [0.2, 0.25) is 0 Å². The van der Waals surface area contributed by atoms with Gasteiger partial charge >= 0.3 is 0 Å². The van der Waals surface area contributed by atoms with E-state index in [9.17, 15) is 9.59 Å². The number of hydrogen-bond acceptors (Lipinski definition) is 3. The fourth-order valence-electron chi connectivity index (χ4n) is 3.54. The molecule has 1 fully saturated rings. The normalized spacial score (nSPS) is 20.0. The van der Waals surface area contributed by atoms with Gasteiger partial charge in [-0.2, -0.15) is 0 Å². The van der Waals surface area contributed by atoms with E-state index in [0.717, 1.165) is 12.0 Å². The molecule has 0 radical (unpaired) electrons. The van der Waals surface area contributed by atoms with Crippen LogP contribution in [0.3, 0.4) is 0 Å². The number of likely N-dealkylation sites (tertiary alicyclic amines) is 1. The number of carbonyl (C=O) groups is 2. The van der Waals surface area contributed by atoms with E-state index in [1.165, 1.54) is 0 Å². The number of nitrogens with zero attached hydrogens (tertiary/aromatic N) is 1. The lowest BCUT2D eigenvalue weighted by Gasteiger charge is -2.43. The van der Waals surface area contributed by atoms with E-state index in [2.05, 4.69) is 33.0 Å². The molecule has 1 heterocycles. The summed E-state index contributed by atoms with van der Waals surface area (Å²) in [5.74, 6) is 0.122. The number of amides is 2. The third kappa shape index (κ3) is 5.94. The molecule has 152 valence electrons. The predicted molar refractivity (Wildman–Crippen MR) is 112 cm³/mol. The van der Waals surface area contributed by atoms with Crippen LogP contribution in [0, 0.1) is 18.3 Å². The second-order valence-electron chi connectivity index (χ2n) is 8.61. The van der Waals surface area contributed by atoms with Crippen molar-refractivity contribution in [3.8, 4) is 0 Å². The summed E-state index contributed by atoms with van der Waals surface area (Å²) in [6, 6.07) is 7.04. The Kier molecular flexibility index (Phi) is 8.30. The quantitative estimate of drug-likeness (QED) is 0.804. The molecule has 27 heavy (non-hydrogen) atoms.